The van der Waals surface area contributed by atoms with Gasteiger partial charge in [-0.25, -0.2) is 0 Å². The lowest BCUT2D eigenvalue weighted by Crippen LogP contribution is -2.64. The topological polar surface area (TPSA) is 15.3 Å². The Morgan fingerprint density at radius 1 is 1.32 bits per heavy atom. The Labute approximate surface area is 120 Å². The molecule has 0 bridgehead atoms. The zero-order valence-electron chi connectivity index (χ0n) is 13.7. The molecule has 2 nitrogen and oxygen atoms in total. The molecule has 0 aromatic rings. The first kappa shape index (κ1) is 15.3. The van der Waals surface area contributed by atoms with Gasteiger partial charge in [0.1, 0.15) is 0 Å². The molecule has 1 saturated carbocycles. The molecule has 1 saturated heterocycles. The smallest absolute Gasteiger partial charge is 0.0278 e. The van der Waals surface area contributed by atoms with E-state index in [9.17, 15) is 0 Å². The number of hydrogen-bond donors (Lipinski definition) is 1. The van der Waals surface area contributed by atoms with E-state index in [0.717, 1.165) is 23.8 Å². The first-order chi connectivity index (χ1) is 8.95. The number of nitrogens with zero attached hydrogens (tertiary/aromatic N) is 1. The highest BCUT2D eigenvalue weighted by Crippen LogP contribution is 2.34. The van der Waals surface area contributed by atoms with Crippen molar-refractivity contribution in [2.24, 2.45) is 17.8 Å². The second kappa shape index (κ2) is 6.13. The molecule has 0 radical (unpaired) electrons. The van der Waals surface area contributed by atoms with Gasteiger partial charge in [0.05, 0.1) is 0 Å². The van der Waals surface area contributed by atoms with Crippen LogP contribution in [0.15, 0.2) is 0 Å². The molecular weight excluding hydrogens is 232 g/mol. The van der Waals surface area contributed by atoms with E-state index in [4.69, 9.17) is 0 Å². The fourth-order valence-corrected chi connectivity index (χ4v) is 3.99. The highest BCUT2D eigenvalue weighted by Gasteiger charge is 2.37. The van der Waals surface area contributed by atoms with Crippen molar-refractivity contribution in [3.05, 3.63) is 0 Å². The first-order valence-electron chi connectivity index (χ1n) is 8.44. The molecule has 4 atom stereocenters. The van der Waals surface area contributed by atoms with Crippen LogP contribution in [0.3, 0.4) is 0 Å². The van der Waals surface area contributed by atoms with E-state index in [-0.39, 0.29) is 0 Å². The third-order valence-electron chi connectivity index (χ3n) is 5.82. The summed E-state index contributed by atoms with van der Waals surface area (Å²) in [4.78, 5) is 2.82. The molecule has 0 amide bonds. The van der Waals surface area contributed by atoms with Crippen LogP contribution >= 0.6 is 0 Å². The summed E-state index contributed by atoms with van der Waals surface area (Å²) in [5, 5.41) is 3.80. The molecule has 19 heavy (non-hydrogen) atoms. The largest absolute Gasteiger partial charge is 0.309 e. The van der Waals surface area contributed by atoms with Crippen LogP contribution in [-0.2, 0) is 0 Å². The van der Waals surface area contributed by atoms with Crippen molar-refractivity contribution in [1.82, 2.24) is 10.2 Å². The molecule has 0 spiro atoms. The molecule has 2 aliphatic rings. The number of hydrogen-bond acceptors (Lipinski definition) is 2. The van der Waals surface area contributed by atoms with E-state index in [1.54, 1.807) is 0 Å². The standard InChI is InChI=1S/C17H34N2/c1-6-17(5)12-19(16(10-18-17)13(2)3)11-15-9-7-8-14(15)4/h13-16,18H,6-12H2,1-5H3. The third-order valence-corrected chi connectivity index (χ3v) is 5.82. The lowest BCUT2D eigenvalue weighted by molar-refractivity contribution is 0.0429. The maximum atomic E-state index is 3.80. The maximum Gasteiger partial charge on any atom is 0.0278 e. The molecular formula is C17H34N2. The van der Waals surface area contributed by atoms with E-state index in [1.165, 1.54) is 45.3 Å². The quantitative estimate of drug-likeness (QED) is 0.837. The number of piperazine rings is 1. The van der Waals surface area contributed by atoms with E-state index in [2.05, 4.69) is 44.8 Å². The van der Waals surface area contributed by atoms with Gasteiger partial charge in [-0.3, -0.25) is 4.90 Å². The van der Waals surface area contributed by atoms with Gasteiger partial charge in [0.2, 0.25) is 0 Å². The molecule has 1 heterocycles. The maximum absolute atomic E-state index is 3.80. The molecule has 1 N–H and O–H groups in total. The van der Waals surface area contributed by atoms with Crippen LogP contribution in [0.2, 0.25) is 0 Å². The minimum atomic E-state index is 0.327. The molecule has 2 heteroatoms. The number of nitrogens with one attached hydrogen (secondary N) is 1. The molecule has 0 aromatic carbocycles. The van der Waals surface area contributed by atoms with Crippen molar-refractivity contribution in [3.8, 4) is 0 Å². The molecule has 0 aromatic heterocycles. The van der Waals surface area contributed by atoms with Crippen LogP contribution in [-0.4, -0.2) is 36.1 Å². The summed E-state index contributed by atoms with van der Waals surface area (Å²) in [5.74, 6) is 2.64. The average Bonchev–Trinajstić information content (AvgIpc) is 2.75. The highest BCUT2D eigenvalue weighted by molar-refractivity contribution is 4.96. The van der Waals surface area contributed by atoms with Crippen LogP contribution in [0.25, 0.3) is 0 Å². The SMILES string of the molecule is CCC1(C)CN(CC2CCCC2C)C(C(C)C)CN1. The van der Waals surface area contributed by atoms with Crippen LogP contribution in [0.4, 0.5) is 0 Å². The van der Waals surface area contributed by atoms with Crippen molar-refractivity contribution < 1.29 is 0 Å². The average molecular weight is 266 g/mol. The minimum absolute atomic E-state index is 0.327. The zero-order valence-corrected chi connectivity index (χ0v) is 13.7. The Morgan fingerprint density at radius 3 is 2.58 bits per heavy atom. The van der Waals surface area contributed by atoms with Gasteiger partial charge >= 0.3 is 0 Å². The molecule has 4 unspecified atom stereocenters. The van der Waals surface area contributed by atoms with Crippen LogP contribution in [0.5, 0.6) is 0 Å². The van der Waals surface area contributed by atoms with Gasteiger partial charge in [-0.05, 0) is 37.5 Å². The fourth-order valence-electron chi connectivity index (χ4n) is 3.99. The summed E-state index contributed by atoms with van der Waals surface area (Å²) >= 11 is 0. The molecule has 2 fully saturated rings. The zero-order chi connectivity index (χ0) is 14.0. The lowest BCUT2D eigenvalue weighted by atomic mass is 9.88. The van der Waals surface area contributed by atoms with E-state index < -0.39 is 0 Å². The molecule has 1 aliphatic carbocycles. The van der Waals surface area contributed by atoms with Crippen molar-refractivity contribution in [1.29, 1.82) is 0 Å². The van der Waals surface area contributed by atoms with Crippen molar-refractivity contribution >= 4 is 0 Å². The summed E-state index contributed by atoms with van der Waals surface area (Å²) in [6.07, 6.45) is 5.59. The van der Waals surface area contributed by atoms with Gasteiger partial charge in [0, 0.05) is 31.2 Å². The van der Waals surface area contributed by atoms with Gasteiger partial charge in [-0.15, -0.1) is 0 Å². The van der Waals surface area contributed by atoms with Gasteiger partial charge in [-0.2, -0.15) is 0 Å². The summed E-state index contributed by atoms with van der Waals surface area (Å²) in [6, 6.07) is 0.729. The Kier molecular flexibility index (Phi) is 4.94. The normalized spacial score (nSPS) is 41.1. The molecule has 112 valence electrons. The Morgan fingerprint density at radius 2 is 2.05 bits per heavy atom. The Balaban J connectivity index is 2.03. The van der Waals surface area contributed by atoms with Crippen LogP contribution < -0.4 is 5.32 Å². The first-order valence-corrected chi connectivity index (χ1v) is 8.44. The van der Waals surface area contributed by atoms with Crippen molar-refractivity contribution in [2.75, 3.05) is 19.6 Å². The summed E-state index contributed by atoms with van der Waals surface area (Å²) in [5.41, 5.74) is 0.327. The van der Waals surface area contributed by atoms with E-state index in [1.807, 2.05) is 0 Å². The molecule has 1 aliphatic heterocycles. The van der Waals surface area contributed by atoms with E-state index >= 15 is 0 Å². The lowest BCUT2D eigenvalue weighted by Gasteiger charge is -2.48. The monoisotopic (exact) mass is 266 g/mol. The predicted octanol–water partition coefficient (Wildman–Crippen LogP) is 3.52. The van der Waals surface area contributed by atoms with Crippen molar-refractivity contribution in [2.45, 2.75) is 71.9 Å². The highest BCUT2D eigenvalue weighted by atomic mass is 15.3. The van der Waals surface area contributed by atoms with Gasteiger partial charge in [0.25, 0.3) is 0 Å². The number of rotatable bonds is 4. The Bertz CT molecular complexity index is 289. The van der Waals surface area contributed by atoms with Gasteiger partial charge in [0.15, 0.2) is 0 Å². The second-order valence-electron chi connectivity index (χ2n) is 7.70. The van der Waals surface area contributed by atoms with Crippen LogP contribution in [0.1, 0.15) is 60.3 Å². The van der Waals surface area contributed by atoms with Gasteiger partial charge in [-0.1, -0.05) is 40.5 Å². The summed E-state index contributed by atoms with van der Waals surface area (Å²) in [6.45, 7) is 15.7. The van der Waals surface area contributed by atoms with E-state index in [0.29, 0.717) is 5.54 Å². The third kappa shape index (κ3) is 3.52. The van der Waals surface area contributed by atoms with Gasteiger partial charge < -0.3 is 5.32 Å². The summed E-state index contributed by atoms with van der Waals surface area (Å²) in [7, 11) is 0. The Hall–Kier alpha value is -0.0800. The predicted molar refractivity (Wildman–Crippen MR) is 83.4 cm³/mol. The molecule has 2 rings (SSSR count). The minimum Gasteiger partial charge on any atom is -0.309 e. The fraction of sp³-hybridized carbons (Fsp3) is 1.00. The van der Waals surface area contributed by atoms with Crippen molar-refractivity contribution in [3.63, 3.8) is 0 Å². The second-order valence-corrected chi connectivity index (χ2v) is 7.70. The van der Waals surface area contributed by atoms with Crippen LogP contribution in [0, 0.1) is 17.8 Å². The summed E-state index contributed by atoms with van der Waals surface area (Å²) < 4.78 is 0.